The van der Waals surface area contributed by atoms with Gasteiger partial charge in [-0.25, -0.2) is 0 Å². The lowest BCUT2D eigenvalue weighted by Gasteiger charge is -2.40. The fraction of sp³-hybridized carbons (Fsp3) is 0.867. The molecule has 7 heteroatoms. The van der Waals surface area contributed by atoms with Gasteiger partial charge in [0.05, 0.1) is 6.10 Å². The summed E-state index contributed by atoms with van der Waals surface area (Å²) < 4.78 is 11.7. The summed E-state index contributed by atoms with van der Waals surface area (Å²) in [6.45, 7) is 11.6. The van der Waals surface area contributed by atoms with Gasteiger partial charge in [-0.2, -0.15) is 0 Å². The van der Waals surface area contributed by atoms with E-state index in [4.69, 9.17) is 15.2 Å². The van der Waals surface area contributed by atoms with Crippen LogP contribution in [0.3, 0.4) is 0 Å². The van der Waals surface area contributed by atoms with E-state index in [-0.39, 0.29) is 28.9 Å². The molecule has 0 aromatic rings. The number of unbranched alkanes of at least 4 members (excludes halogenated alkanes) is 22. The van der Waals surface area contributed by atoms with E-state index in [1.165, 1.54) is 109 Å². The van der Waals surface area contributed by atoms with Crippen molar-refractivity contribution in [2.24, 2.45) is 11.7 Å². The van der Waals surface area contributed by atoms with Crippen molar-refractivity contribution in [3.8, 4) is 0 Å². The summed E-state index contributed by atoms with van der Waals surface area (Å²) in [7, 11) is 0. The molecule has 0 amide bonds. The Kier molecular flexibility index (Phi) is 37.4. The van der Waals surface area contributed by atoms with E-state index in [0.717, 1.165) is 57.8 Å². The standard InChI is InChI=1S/C45H85NO5.BrH/c1-7-9-11-13-15-17-19-21-23-25-27-29-31-33-35-37-41(48)50-40(4)44(43(39(3)47)45(5,6)46)51-42(49)38-36-34-32-30-28-26-24-22-20-18-16-14-12-10-8-2;/h21-24,39-40,43-44,47H,7-20,25-38,46H2,1-6H3;1H. The highest BCUT2D eigenvalue weighted by atomic mass is 79.9. The Morgan fingerprint density at radius 1 is 0.558 bits per heavy atom. The van der Waals surface area contributed by atoms with E-state index in [1.807, 2.05) is 13.8 Å². The number of carbonyl (C=O) groups excluding carboxylic acids is 2. The Bertz CT molecular complexity index is 868. The largest absolute Gasteiger partial charge is 0.459 e. The van der Waals surface area contributed by atoms with Crippen LogP contribution in [0.4, 0.5) is 0 Å². The number of aliphatic hydroxyl groups excluding tert-OH is 1. The molecule has 3 N–H and O–H groups in total. The van der Waals surface area contributed by atoms with E-state index in [9.17, 15) is 14.7 Å². The third-order valence-corrected chi connectivity index (χ3v) is 10.1. The van der Waals surface area contributed by atoms with Gasteiger partial charge in [0.1, 0.15) is 12.2 Å². The fourth-order valence-electron chi connectivity index (χ4n) is 7.00. The Balaban J connectivity index is 0. The van der Waals surface area contributed by atoms with Gasteiger partial charge in [-0.1, -0.05) is 141 Å². The van der Waals surface area contributed by atoms with E-state index in [1.54, 1.807) is 13.8 Å². The van der Waals surface area contributed by atoms with Gasteiger partial charge in [0.15, 0.2) is 0 Å². The van der Waals surface area contributed by atoms with Gasteiger partial charge >= 0.3 is 11.9 Å². The molecule has 52 heavy (non-hydrogen) atoms. The number of hydrogen-bond acceptors (Lipinski definition) is 6. The zero-order valence-electron chi connectivity index (χ0n) is 35.0. The average molecular weight is 801 g/mol. The van der Waals surface area contributed by atoms with Crippen molar-refractivity contribution in [3.63, 3.8) is 0 Å². The van der Waals surface area contributed by atoms with Crippen LogP contribution < -0.4 is 5.73 Å². The van der Waals surface area contributed by atoms with E-state index < -0.39 is 29.8 Å². The van der Waals surface area contributed by atoms with E-state index >= 15 is 0 Å². The predicted molar refractivity (Wildman–Crippen MR) is 228 cm³/mol. The van der Waals surface area contributed by atoms with Gasteiger partial charge in [-0.15, -0.1) is 17.0 Å². The highest BCUT2D eigenvalue weighted by Crippen LogP contribution is 2.29. The lowest BCUT2D eigenvalue weighted by Crippen LogP contribution is -2.56. The van der Waals surface area contributed by atoms with Gasteiger partial charge in [0.2, 0.25) is 0 Å². The van der Waals surface area contributed by atoms with Gasteiger partial charge in [0, 0.05) is 24.3 Å². The van der Waals surface area contributed by atoms with Crippen LogP contribution in [0, 0.1) is 5.92 Å². The third-order valence-electron chi connectivity index (χ3n) is 10.1. The Labute approximate surface area is 333 Å². The zero-order chi connectivity index (χ0) is 38.0. The second-order valence-corrected chi connectivity index (χ2v) is 15.9. The van der Waals surface area contributed by atoms with Crippen molar-refractivity contribution in [1.29, 1.82) is 0 Å². The molecule has 0 aliphatic carbocycles. The minimum absolute atomic E-state index is 0. The van der Waals surface area contributed by atoms with Gasteiger partial charge in [-0.05, 0) is 91.9 Å². The first kappa shape index (κ1) is 52.9. The smallest absolute Gasteiger partial charge is 0.306 e. The second-order valence-electron chi connectivity index (χ2n) is 15.9. The Morgan fingerprint density at radius 2 is 0.865 bits per heavy atom. The molecule has 0 spiro atoms. The van der Waals surface area contributed by atoms with Gasteiger partial charge in [-0.3, -0.25) is 9.59 Å². The lowest BCUT2D eigenvalue weighted by molar-refractivity contribution is -0.178. The number of carbonyl (C=O) groups is 2. The number of halogens is 1. The number of hydrogen-bond donors (Lipinski definition) is 2. The molecule has 0 saturated heterocycles. The van der Waals surface area contributed by atoms with Crippen LogP contribution >= 0.6 is 17.0 Å². The maximum absolute atomic E-state index is 13.0. The Morgan fingerprint density at radius 3 is 1.19 bits per heavy atom. The number of ether oxygens (including phenoxy) is 2. The summed E-state index contributed by atoms with van der Waals surface area (Å²) in [5, 5.41) is 10.7. The molecule has 4 unspecified atom stereocenters. The van der Waals surface area contributed by atoms with E-state index in [0.29, 0.717) is 12.8 Å². The first-order chi connectivity index (χ1) is 24.5. The summed E-state index contributed by atoms with van der Waals surface area (Å²) in [5.41, 5.74) is 5.62. The minimum Gasteiger partial charge on any atom is -0.459 e. The highest BCUT2D eigenvalue weighted by molar-refractivity contribution is 8.93. The molecule has 0 fully saturated rings. The van der Waals surface area contributed by atoms with Crippen LogP contribution in [0.5, 0.6) is 0 Å². The minimum atomic E-state index is -0.841. The van der Waals surface area contributed by atoms with E-state index in [2.05, 4.69) is 38.2 Å². The van der Waals surface area contributed by atoms with Crippen molar-refractivity contribution in [2.45, 2.75) is 245 Å². The van der Waals surface area contributed by atoms with Crippen molar-refractivity contribution in [2.75, 3.05) is 0 Å². The molecule has 0 aliphatic rings. The molecule has 4 atom stereocenters. The van der Waals surface area contributed by atoms with Crippen LogP contribution in [0.2, 0.25) is 0 Å². The van der Waals surface area contributed by atoms with Crippen molar-refractivity contribution in [1.82, 2.24) is 0 Å². The summed E-state index contributed by atoms with van der Waals surface area (Å²) in [6, 6.07) is 0. The zero-order valence-corrected chi connectivity index (χ0v) is 36.7. The fourth-order valence-corrected chi connectivity index (χ4v) is 7.00. The molecule has 0 bridgehead atoms. The van der Waals surface area contributed by atoms with Gasteiger partial charge in [0.25, 0.3) is 0 Å². The third kappa shape index (κ3) is 32.3. The first-order valence-corrected chi connectivity index (χ1v) is 21.7. The molecular formula is C45H86BrNO5. The van der Waals surface area contributed by atoms with Crippen LogP contribution in [-0.4, -0.2) is 40.9 Å². The monoisotopic (exact) mass is 800 g/mol. The van der Waals surface area contributed by atoms with Crippen molar-refractivity contribution < 1.29 is 24.2 Å². The van der Waals surface area contributed by atoms with Gasteiger partial charge < -0.3 is 20.3 Å². The SMILES string of the molecule is Br.CCCCCCCCC=CCCCCCCCC(=O)OC(C)C(OC(=O)CCCCCCCC=CCCCCCCCC)C(C(C)O)C(C)(C)N. The molecule has 6 nitrogen and oxygen atoms in total. The lowest BCUT2D eigenvalue weighted by atomic mass is 9.78. The molecule has 0 saturated carbocycles. The Hall–Kier alpha value is -1.18. The number of esters is 2. The summed E-state index contributed by atoms with van der Waals surface area (Å²) in [4.78, 5) is 25.7. The normalized spacial score (nSPS) is 14.3. The number of nitrogens with two attached hydrogens (primary N) is 1. The van der Waals surface area contributed by atoms with Crippen LogP contribution in [0.1, 0.15) is 221 Å². The molecule has 0 aromatic carbocycles. The number of allylic oxidation sites excluding steroid dienone is 4. The molecule has 0 rings (SSSR count). The number of aliphatic hydroxyl groups is 1. The maximum atomic E-state index is 13.0. The predicted octanol–water partition coefficient (Wildman–Crippen LogP) is 13.2. The molecule has 0 heterocycles. The highest BCUT2D eigenvalue weighted by Gasteiger charge is 2.42. The summed E-state index contributed by atoms with van der Waals surface area (Å²) in [6.07, 6.45) is 38.8. The molecule has 0 aliphatic heterocycles. The quantitative estimate of drug-likeness (QED) is 0.0372. The average Bonchev–Trinajstić information content (AvgIpc) is 3.07. The van der Waals surface area contributed by atoms with Crippen LogP contribution in [-0.2, 0) is 19.1 Å². The van der Waals surface area contributed by atoms with Crippen LogP contribution in [0.15, 0.2) is 24.3 Å². The second kappa shape index (κ2) is 36.8. The molecule has 0 aromatic heterocycles. The molecule has 0 radical (unpaired) electrons. The summed E-state index contributed by atoms with van der Waals surface area (Å²) in [5.74, 6) is -1.21. The summed E-state index contributed by atoms with van der Waals surface area (Å²) >= 11 is 0. The topological polar surface area (TPSA) is 98.8 Å². The number of rotatable bonds is 36. The van der Waals surface area contributed by atoms with Crippen molar-refractivity contribution >= 4 is 28.9 Å². The molecular weight excluding hydrogens is 714 g/mol. The van der Waals surface area contributed by atoms with Crippen molar-refractivity contribution in [3.05, 3.63) is 24.3 Å². The molecule has 308 valence electrons. The van der Waals surface area contributed by atoms with Crippen LogP contribution in [0.25, 0.3) is 0 Å². The first-order valence-electron chi connectivity index (χ1n) is 21.7. The maximum Gasteiger partial charge on any atom is 0.306 e.